The Morgan fingerprint density at radius 1 is 1.36 bits per heavy atom. The fourth-order valence-electron chi connectivity index (χ4n) is 2.97. The van der Waals surface area contributed by atoms with E-state index >= 15 is 0 Å². The Morgan fingerprint density at radius 3 is 2.71 bits per heavy atom. The summed E-state index contributed by atoms with van der Waals surface area (Å²) in [7, 11) is 1.55. The van der Waals surface area contributed by atoms with Gasteiger partial charge in [0, 0.05) is 0 Å². The third kappa shape index (κ3) is 4.96. The summed E-state index contributed by atoms with van der Waals surface area (Å²) in [4.78, 5) is 25.9. The van der Waals surface area contributed by atoms with Crippen LogP contribution in [0.3, 0.4) is 0 Å². The van der Waals surface area contributed by atoms with Gasteiger partial charge in [-0.25, -0.2) is 0 Å². The second kappa shape index (κ2) is 9.67. The van der Waals surface area contributed by atoms with Gasteiger partial charge in [-0.15, -0.1) is 0 Å². The van der Waals surface area contributed by atoms with Crippen molar-refractivity contribution >= 4 is 11.6 Å². The number of ether oxygens (including phenoxy) is 1. The van der Waals surface area contributed by atoms with Crippen molar-refractivity contribution < 1.29 is 14.4 Å². The molecule has 1 aromatic heterocycles. The monoisotopic (exact) mass is 384 g/mol. The second-order valence-electron chi connectivity index (χ2n) is 6.59. The molecule has 0 saturated heterocycles. The average molecular weight is 384 g/mol. The number of aromatic nitrogens is 2. The molecule has 8 nitrogen and oxygen atoms in total. The zero-order chi connectivity index (χ0) is 20.7. The first-order chi connectivity index (χ1) is 13.4. The molecular formula is C20H26N5O3+. The van der Waals surface area contributed by atoms with Crippen LogP contribution in [0.4, 0.5) is 5.69 Å². The van der Waals surface area contributed by atoms with Crippen molar-refractivity contribution in [2.45, 2.75) is 33.9 Å². The summed E-state index contributed by atoms with van der Waals surface area (Å²) < 4.78 is 6.53. The smallest absolute Gasteiger partial charge is 0.289 e. The topological polar surface area (TPSA) is 101 Å². The van der Waals surface area contributed by atoms with E-state index in [1.165, 1.54) is 4.68 Å². The molecule has 148 valence electrons. The molecule has 0 radical (unpaired) electrons. The first-order valence-electron chi connectivity index (χ1n) is 9.16. The molecule has 2 rings (SSSR count). The molecule has 0 aliphatic heterocycles. The van der Waals surface area contributed by atoms with Crippen LogP contribution in [0.25, 0.3) is 0 Å². The number of nitrogens with zero attached hydrogens (tertiary/aromatic N) is 3. The summed E-state index contributed by atoms with van der Waals surface area (Å²) in [5.41, 5.74) is 1.49. The van der Waals surface area contributed by atoms with Gasteiger partial charge in [0.15, 0.2) is 13.2 Å². The minimum absolute atomic E-state index is 0.0989. The lowest BCUT2D eigenvalue weighted by atomic mass is 10.1. The van der Waals surface area contributed by atoms with E-state index in [0.29, 0.717) is 29.2 Å². The Kier molecular flexibility index (Phi) is 7.29. The highest BCUT2D eigenvalue weighted by Gasteiger charge is 2.19. The van der Waals surface area contributed by atoms with Crippen molar-refractivity contribution in [2.24, 2.45) is 0 Å². The van der Waals surface area contributed by atoms with Crippen molar-refractivity contribution in [3.05, 3.63) is 51.4 Å². The number of rotatable bonds is 8. The van der Waals surface area contributed by atoms with E-state index in [4.69, 9.17) is 4.74 Å². The van der Waals surface area contributed by atoms with Gasteiger partial charge in [-0.2, -0.15) is 15.0 Å². The molecule has 0 bridgehead atoms. The number of methoxy groups -OCH3 is 1. The molecule has 0 aliphatic rings. The lowest BCUT2D eigenvalue weighted by molar-refractivity contribution is -0.915. The zero-order valence-electron chi connectivity index (χ0n) is 16.7. The number of hydrogen-bond acceptors (Lipinski definition) is 5. The molecule has 0 aliphatic carbocycles. The maximum absolute atomic E-state index is 12.5. The Bertz CT molecular complexity index is 946. The Labute approximate surface area is 164 Å². The highest BCUT2D eigenvalue weighted by atomic mass is 16.5. The van der Waals surface area contributed by atoms with E-state index < -0.39 is 5.56 Å². The largest absolute Gasteiger partial charge is 0.495 e. The first kappa shape index (κ1) is 21.1. The molecule has 0 saturated carbocycles. The quantitative estimate of drug-likeness (QED) is 0.695. The number of carbonyl (C=O) groups is 1. The van der Waals surface area contributed by atoms with Gasteiger partial charge in [-0.1, -0.05) is 19.1 Å². The number of hydrogen-bond donors (Lipinski definition) is 2. The number of para-hydroxylation sites is 2. The summed E-state index contributed by atoms with van der Waals surface area (Å²) in [6, 6.07) is 9.14. The minimum Gasteiger partial charge on any atom is -0.495 e. The molecule has 2 aromatic rings. The van der Waals surface area contributed by atoms with Gasteiger partial charge in [-0.3, -0.25) is 9.59 Å². The Balaban J connectivity index is 2.18. The average Bonchev–Trinajstić information content (AvgIpc) is 2.67. The molecule has 0 fully saturated rings. The van der Waals surface area contributed by atoms with Crippen molar-refractivity contribution in [3.8, 4) is 11.8 Å². The van der Waals surface area contributed by atoms with Gasteiger partial charge in [-0.05, 0) is 38.0 Å². The zero-order valence-corrected chi connectivity index (χ0v) is 16.7. The Hall–Kier alpha value is -3.18. The number of aryl methyl sites for hydroxylation is 1. The van der Waals surface area contributed by atoms with E-state index in [1.54, 1.807) is 33.1 Å². The van der Waals surface area contributed by atoms with Crippen LogP contribution in [0.5, 0.6) is 5.75 Å². The SMILES string of the molecule is CCC[NH+](CC(=O)Nc1ccccc1OC)Cn1nc(C)c(C)c(C#N)c1=O. The molecule has 0 spiro atoms. The van der Waals surface area contributed by atoms with Crippen LogP contribution >= 0.6 is 0 Å². The highest BCUT2D eigenvalue weighted by Crippen LogP contribution is 2.22. The van der Waals surface area contributed by atoms with Crippen LogP contribution in [0.15, 0.2) is 29.1 Å². The fraction of sp³-hybridized carbons (Fsp3) is 0.400. The molecule has 1 amide bonds. The number of nitriles is 1. The van der Waals surface area contributed by atoms with Crippen molar-refractivity contribution in [3.63, 3.8) is 0 Å². The van der Waals surface area contributed by atoms with Gasteiger partial charge in [0.2, 0.25) is 0 Å². The van der Waals surface area contributed by atoms with Gasteiger partial charge in [0.25, 0.3) is 11.5 Å². The maximum atomic E-state index is 12.5. The maximum Gasteiger partial charge on any atom is 0.289 e. The van der Waals surface area contributed by atoms with Gasteiger partial charge < -0.3 is 15.0 Å². The van der Waals surface area contributed by atoms with Crippen LogP contribution in [-0.4, -0.2) is 35.9 Å². The van der Waals surface area contributed by atoms with E-state index in [-0.39, 0.29) is 24.7 Å². The molecule has 1 unspecified atom stereocenters. The molecule has 28 heavy (non-hydrogen) atoms. The number of amides is 1. The van der Waals surface area contributed by atoms with Crippen molar-refractivity contribution in [1.82, 2.24) is 9.78 Å². The third-order valence-electron chi connectivity index (χ3n) is 4.52. The van der Waals surface area contributed by atoms with E-state index in [2.05, 4.69) is 10.4 Å². The lowest BCUT2D eigenvalue weighted by Gasteiger charge is -2.20. The predicted molar refractivity (Wildman–Crippen MR) is 105 cm³/mol. The minimum atomic E-state index is -0.427. The van der Waals surface area contributed by atoms with E-state index in [0.717, 1.165) is 11.3 Å². The number of nitrogens with one attached hydrogen (secondary N) is 2. The number of anilines is 1. The standard InChI is InChI=1S/C20H25N5O3/c1-5-10-24(12-19(26)22-17-8-6-7-9-18(17)28-4)13-25-20(27)16(11-21)14(2)15(3)23-25/h6-9H,5,10,12-13H2,1-4H3,(H,22,26)/p+1. The van der Waals surface area contributed by atoms with E-state index in [1.807, 2.05) is 25.1 Å². The Morgan fingerprint density at radius 2 is 2.07 bits per heavy atom. The summed E-state index contributed by atoms with van der Waals surface area (Å²) in [5, 5.41) is 16.4. The van der Waals surface area contributed by atoms with Gasteiger partial charge in [0.1, 0.15) is 17.4 Å². The predicted octanol–water partition coefficient (Wildman–Crippen LogP) is 0.632. The van der Waals surface area contributed by atoms with Gasteiger partial charge in [0.05, 0.1) is 25.0 Å². The summed E-state index contributed by atoms with van der Waals surface area (Å²) in [6.45, 7) is 6.54. The molecule has 1 aromatic carbocycles. The van der Waals surface area contributed by atoms with E-state index in [9.17, 15) is 14.9 Å². The molecule has 8 heteroatoms. The fourth-order valence-corrected chi connectivity index (χ4v) is 2.97. The van der Waals surface area contributed by atoms with Crippen LogP contribution < -0.4 is 20.5 Å². The lowest BCUT2D eigenvalue weighted by Crippen LogP contribution is -3.12. The molecular weight excluding hydrogens is 358 g/mol. The number of carbonyl (C=O) groups excluding carboxylic acids is 1. The number of quaternary nitrogens is 1. The number of benzene rings is 1. The summed E-state index contributed by atoms with van der Waals surface area (Å²) >= 11 is 0. The van der Waals surface area contributed by atoms with Gasteiger partial charge >= 0.3 is 0 Å². The highest BCUT2D eigenvalue weighted by molar-refractivity contribution is 5.92. The normalized spacial score (nSPS) is 11.5. The van der Waals surface area contributed by atoms with Crippen LogP contribution in [-0.2, 0) is 11.5 Å². The summed E-state index contributed by atoms with van der Waals surface area (Å²) in [6.07, 6.45) is 0.835. The third-order valence-corrected chi connectivity index (χ3v) is 4.52. The molecule has 1 atom stereocenters. The van der Waals surface area contributed by atoms with Crippen LogP contribution in [0.2, 0.25) is 0 Å². The first-order valence-corrected chi connectivity index (χ1v) is 9.16. The van der Waals surface area contributed by atoms with Crippen LogP contribution in [0, 0.1) is 25.2 Å². The second-order valence-corrected chi connectivity index (χ2v) is 6.59. The molecule has 1 heterocycles. The van der Waals surface area contributed by atoms with Crippen molar-refractivity contribution in [1.29, 1.82) is 5.26 Å². The van der Waals surface area contributed by atoms with Crippen molar-refractivity contribution in [2.75, 3.05) is 25.5 Å². The molecule has 2 N–H and O–H groups in total. The van der Waals surface area contributed by atoms with Crippen LogP contribution in [0.1, 0.15) is 30.2 Å². The summed E-state index contributed by atoms with van der Waals surface area (Å²) in [5.74, 6) is 0.393.